The number of carbonyl (C=O) groups excluding carboxylic acids is 3. The first-order valence-electron chi connectivity index (χ1n) is 8.53. The summed E-state index contributed by atoms with van der Waals surface area (Å²) in [6.07, 6.45) is 0. The Hall–Kier alpha value is -2.87. The molecule has 0 bridgehead atoms. The third-order valence-electron chi connectivity index (χ3n) is 3.78. The number of ether oxygens (including phenoxy) is 2. The second-order valence-electron chi connectivity index (χ2n) is 6.48. The summed E-state index contributed by atoms with van der Waals surface area (Å²) in [7, 11) is 0. The number of para-hydroxylation sites is 1. The first-order chi connectivity index (χ1) is 12.9. The molecular weight excluding hydrogens is 368 g/mol. The third kappa shape index (κ3) is 4.65. The standard InChI is InChI=1S/C19H20N2O5S/c1-11(2)8-20-19(24)21-16(22)10-26-18(23)15-7-12-9-25-14-6-4-3-5-13(14)17(12)27-15/h3-7,11H,8-10H2,1-2H3,(H2,20,21,22,24). The van der Waals surface area contributed by atoms with Crippen LogP contribution in [0.25, 0.3) is 10.4 Å². The predicted molar refractivity (Wildman–Crippen MR) is 101 cm³/mol. The molecule has 0 radical (unpaired) electrons. The molecule has 2 N–H and O–H groups in total. The first-order valence-corrected chi connectivity index (χ1v) is 9.35. The van der Waals surface area contributed by atoms with E-state index in [1.54, 1.807) is 6.07 Å². The maximum absolute atomic E-state index is 12.2. The molecule has 7 nitrogen and oxygen atoms in total. The van der Waals surface area contributed by atoms with Gasteiger partial charge in [0.2, 0.25) is 0 Å². The lowest BCUT2D eigenvalue weighted by Crippen LogP contribution is -2.42. The number of imide groups is 1. The molecule has 2 heterocycles. The lowest BCUT2D eigenvalue weighted by atomic mass is 10.1. The van der Waals surface area contributed by atoms with Crippen LogP contribution in [0.2, 0.25) is 0 Å². The van der Waals surface area contributed by atoms with Gasteiger partial charge in [-0.1, -0.05) is 26.0 Å². The van der Waals surface area contributed by atoms with Crippen LogP contribution in [-0.2, 0) is 16.1 Å². The van der Waals surface area contributed by atoms with Gasteiger partial charge in [-0.15, -0.1) is 11.3 Å². The molecule has 0 saturated heterocycles. The molecule has 142 valence electrons. The van der Waals surface area contributed by atoms with Gasteiger partial charge in [0.25, 0.3) is 5.91 Å². The van der Waals surface area contributed by atoms with Crippen molar-refractivity contribution < 1.29 is 23.9 Å². The zero-order valence-corrected chi connectivity index (χ0v) is 15.9. The molecule has 0 unspecified atom stereocenters. The van der Waals surface area contributed by atoms with Gasteiger partial charge in [0.15, 0.2) is 6.61 Å². The van der Waals surface area contributed by atoms with Crippen LogP contribution in [0.1, 0.15) is 29.1 Å². The van der Waals surface area contributed by atoms with Gasteiger partial charge in [-0.2, -0.15) is 0 Å². The molecule has 1 aromatic carbocycles. The van der Waals surface area contributed by atoms with Crippen molar-refractivity contribution in [3.05, 3.63) is 40.8 Å². The van der Waals surface area contributed by atoms with Gasteiger partial charge in [0.05, 0.1) is 0 Å². The fourth-order valence-electron chi connectivity index (χ4n) is 2.51. The van der Waals surface area contributed by atoms with Crippen molar-refractivity contribution in [2.24, 2.45) is 5.92 Å². The molecule has 3 amide bonds. The van der Waals surface area contributed by atoms with E-state index in [-0.39, 0.29) is 5.92 Å². The van der Waals surface area contributed by atoms with Crippen LogP contribution >= 0.6 is 11.3 Å². The summed E-state index contributed by atoms with van der Waals surface area (Å²) in [5.74, 6) is -0.245. The van der Waals surface area contributed by atoms with Crippen LogP contribution < -0.4 is 15.4 Å². The highest BCUT2D eigenvalue weighted by Crippen LogP contribution is 2.42. The number of carbonyl (C=O) groups is 3. The van der Waals surface area contributed by atoms with Crippen molar-refractivity contribution in [3.8, 4) is 16.2 Å². The normalized spacial score (nSPS) is 11.8. The lowest BCUT2D eigenvalue weighted by molar-refractivity contribution is -0.123. The van der Waals surface area contributed by atoms with Crippen LogP contribution in [-0.4, -0.2) is 31.1 Å². The predicted octanol–water partition coefficient (Wildman–Crippen LogP) is 2.95. The molecule has 0 aliphatic carbocycles. The highest BCUT2D eigenvalue weighted by molar-refractivity contribution is 7.17. The number of fused-ring (bicyclic) bond motifs is 3. The van der Waals surface area contributed by atoms with Gasteiger partial charge in [0, 0.05) is 22.5 Å². The van der Waals surface area contributed by atoms with E-state index < -0.39 is 24.5 Å². The number of amides is 3. The Balaban J connectivity index is 1.56. The second kappa shape index (κ2) is 8.22. The van der Waals surface area contributed by atoms with Crippen LogP contribution in [0, 0.1) is 5.92 Å². The Kier molecular flexibility index (Phi) is 5.75. The van der Waals surface area contributed by atoms with Crippen molar-refractivity contribution in [1.29, 1.82) is 0 Å². The van der Waals surface area contributed by atoms with Gasteiger partial charge < -0.3 is 14.8 Å². The molecule has 1 aromatic heterocycles. The minimum atomic E-state index is -0.681. The summed E-state index contributed by atoms with van der Waals surface area (Å²) in [6.45, 7) is 4.18. The molecule has 0 spiro atoms. The SMILES string of the molecule is CC(C)CNC(=O)NC(=O)COC(=O)c1cc2c(s1)-c1ccccc1OC2. The summed E-state index contributed by atoms with van der Waals surface area (Å²) in [5, 5.41) is 4.67. The Morgan fingerprint density at radius 3 is 2.81 bits per heavy atom. The Labute approximate surface area is 160 Å². The van der Waals surface area contributed by atoms with Crippen LogP contribution in [0.3, 0.4) is 0 Å². The van der Waals surface area contributed by atoms with E-state index >= 15 is 0 Å². The second-order valence-corrected chi connectivity index (χ2v) is 7.53. The van der Waals surface area contributed by atoms with E-state index in [1.807, 2.05) is 38.1 Å². The molecule has 1 aliphatic rings. The highest BCUT2D eigenvalue weighted by atomic mass is 32.1. The molecule has 2 aromatic rings. The van der Waals surface area contributed by atoms with Crippen molar-refractivity contribution >= 4 is 29.2 Å². The van der Waals surface area contributed by atoms with E-state index in [1.165, 1.54) is 11.3 Å². The first kappa shape index (κ1) is 18.9. The zero-order valence-electron chi connectivity index (χ0n) is 15.0. The lowest BCUT2D eigenvalue weighted by Gasteiger charge is -2.16. The zero-order chi connectivity index (χ0) is 19.4. The van der Waals surface area contributed by atoms with Crippen molar-refractivity contribution in [2.45, 2.75) is 20.5 Å². The van der Waals surface area contributed by atoms with Crippen LogP contribution in [0.4, 0.5) is 4.79 Å². The van der Waals surface area contributed by atoms with Crippen LogP contribution in [0.5, 0.6) is 5.75 Å². The summed E-state index contributed by atoms with van der Waals surface area (Å²) in [6, 6.07) is 8.72. The number of hydrogen-bond acceptors (Lipinski definition) is 6. The third-order valence-corrected chi connectivity index (χ3v) is 4.97. The largest absolute Gasteiger partial charge is 0.488 e. The smallest absolute Gasteiger partial charge is 0.348 e. The fraction of sp³-hybridized carbons (Fsp3) is 0.316. The Bertz CT molecular complexity index is 875. The number of hydrogen-bond donors (Lipinski definition) is 2. The summed E-state index contributed by atoms with van der Waals surface area (Å²) in [4.78, 5) is 36.8. The quantitative estimate of drug-likeness (QED) is 0.768. The maximum atomic E-state index is 12.2. The molecule has 3 rings (SSSR count). The molecule has 0 fully saturated rings. The fourth-order valence-corrected chi connectivity index (χ4v) is 3.60. The number of esters is 1. The summed E-state index contributed by atoms with van der Waals surface area (Å²) in [5.41, 5.74) is 1.84. The number of rotatable bonds is 5. The number of thiophene rings is 1. The minimum absolute atomic E-state index is 0.266. The number of nitrogens with one attached hydrogen (secondary N) is 2. The van der Waals surface area contributed by atoms with Crippen molar-refractivity contribution in [1.82, 2.24) is 10.6 Å². The van der Waals surface area contributed by atoms with E-state index in [9.17, 15) is 14.4 Å². The van der Waals surface area contributed by atoms with Crippen molar-refractivity contribution in [2.75, 3.05) is 13.2 Å². The summed E-state index contributed by atoms with van der Waals surface area (Å²) >= 11 is 1.30. The Morgan fingerprint density at radius 2 is 2.04 bits per heavy atom. The maximum Gasteiger partial charge on any atom is 0.348 e. The Morgan fingerprint density at radius 1 is 1.26 bits per heavy atom. The van der Waals surface area contributed by atoms with Gasteiger partial charge >= 0.3 is 12.0 Å². The van der Waals surface area contributed by atoms with E-state index in [2.05, 4.69) is 10.6 Å². The molecule has 27 heavy (non-hydrogen) atoms. The van der Waals surface area contributed by atoms with E-state index in [4.69, 9.17) is 9.47 Å². The van der Waals surface area contributed by atoms with Crippen molar-refractivity contribution in [3.63, 3.8) is 0 Å². The molecular formula is C19H20N2O5S. The number of benzene rings is 1. The van der Waals surface area contributed by atoms with E-state index in [0.717, 1.165) is 21.8 Å². The van der Waals surface area contributed by atoms with Gasteiger partial charge in [-0.25, -0.2) is 9.59 Å². The molecule has 0 saturated carbocycles. The van der Waals surface area contributed by atoms with Gasteiger partial charge in [-0.05, 0) is 24.1 Å². The van der Waals surface area contributed by atoms with Gasteiger partial charge in [-0.3, -0.25) is 10.1 Å². The average Bonchev–Trinajstić information content (AvgIpc) is 3.09. The minimum Gasteiger partial charge on any atom is -0.488 e. The molecule has 0 atom stereocenters. The number of urea groups is 1. The van der Waals surface area contributed by atoms with Crippen LogP contribution in [0.15, 0.2) is 30.3 Å². The highest BCUT2D eigenvalue weighted by Gasteiger charge is 2.23. The monoisotopic (exact) mass is 388 g/mol. The summed E-state index contributed by atoms with van der Waals surface area (Å²) < 4.78 is 10.7. The van der Waals surface area contributed by atoms with Gasteiger partial charge in [0.1, 0.15) is 17.2 Å². The average molecular weight is 388 g/mol. The molecule has 1 aliphatic heterocycles. The molecule has 8 heteroatoms. The van der Waals surface area contributed by atoms with E-state index in [0.29, 0.717) is 18.0 Å². The topological polar surface area (TPSA) is 93.7 Å².